The molecular weight excluding hydrogens is 487 g/mol. The molecule has 6 nitrogen and oxygen atoms in total. The number of hydrogen-bond donors (Lipinski definition) is 3. The molecule has 2 unspecified atom stereocenters. The third kappa shape index (κ3) is 3.52. The van der Waals surface area contributed by atoms with E-state index in [0.29, 0.717) is 17.1 Å². The third-order valence-electron chi connectivity index (χ3n) is 11.4. The van der Waals surface area contributed by atoms with Gasteiger partial charge in [0.1, 0.15) is 6.10 Å². The maximum absolute atomic E-state index is 13.1. The molecule has 2 bridgehead atoms. The monoisotopic (exact) mass is 530 g/mol. The molecule has 0 saturated heterocycles. The molecule has 0 amide bonds. The van der Waals surface area contributed by atoms with Gasteiger partial charge in [-0.1, -0.05) is 58.0 Å². The van der Waals surface area contributed by atoms with Gasteiger partial charge in [-0.2, -0.15) is 0 Å². The molecular formula is C30H43O6P. The summed E-state index contributed by atoms with van der Waals surface area (Å²) in [5, 5.41) is 36.9. The van der Waals surface area contributed by atoms with Crippen LogP contribution in [0.3, 0.4) is 0 Å². The number of carbonyl (C=O) groups excluding carboxylic acids is 1. The van der Waals surface area contributed by atoms with Crippen LogP contribution in [0.5, 0.6) is 0 Å². The summed E-state index contributed by atoms with van der Waals surface area (Å²) in [6.07, 6.45) is -0.341. The molecule has 1 aromatic rings. The lowest BCUT2D eigenvalue weighted by Crippen LogP contribution is -2.73. The van der Waals surface area contributed by atoms with Crippen molar-refractivity contribution in [1.82, 2.24) is 0 Å². The minimum absolute atomic E-state index is 0.164. The van der Waals surface area contributed by atoms with E-state index in [0.717, 1.165) is 24.8 Å². The number of fused-ring (bicyclic) bond motifs is 5. The molecule has 3 fully saturated rings. The quantitative estimate of drug-likeness (QED) is 0.302. The minimum atomic E-state index is -1.38. The van der Waals surface area contributed by atoms with E-state index in [1.807, 2.05) is 39.0 Å². The first-order valence-electron chi connectivity index (χ1n) is 13.6. The number of aliphatic hydroxyl groups is 3. The fraction of sp³-hybridized carbons (Fsp3) is 0.700. The molecule has 4 aliphatic carbocycles. The zero-order valence-corrected chi connectivity index (χ0v) is 24.1. The topological polar surface area (TPSA) is 96.2 Å². The number of aliphatic hydroxyl groups excluding tert-OH is 2. The van der Waals surface area contributed by atoms with Crippen molar-refractivity contribution in [2.75, 3.05) is 0 Å². The van der Waals surface area contributed by atoms with Crippen LogP contribution in [0.4, 0.5) is 0 Å². The van der Waals surface area contributed by atoms with Crippen LogP contribution in [-0.2, 0) is 14.1 Å². The van der Waals surface area contributed by atoms with Crippen LogP contribution in [0.25, 0.3) is 0 Å². The maximum Gasteiger partial charge on any atom is 0.303 e. The van der Waals surface area contributed by atoms with Gasteiger partial charge in [-0.15, -0.1) is 0 Å². The minimum Gasteiger partial charge on any atom is -0.455 e. The van der Waals surface area contributed by atoms with E-state index in [2.05, 4.69) is 35.4 Å². The van der Waals surface area contributed by atoms with Crippen molar-refractivity contribution in [2.24, 2.45) is 28.1 Å². The summed E-state index contributed by atoms with van der Waals surface area (Å²) in [7, 11) is 2.41. The van der Waals surface area contributed by atoms with Crippen molar-refractivity contribution in [3.8, 4) is 0 Å². The zero-order chi connectivity index (χ0) is 27.1. The van der Waals surface area contributed by atoms with Crippen LogP contribution in [0.15, 0.2) is 41.5 Å². The highest BCUT2D eigenvalue weighted by Crippen LogP contribution is 2.73. The Morgan fingerprint density at radius 2 is 1.76 bits per heavy atom. The Hall–Kier alpha value is -1.30. The summed E-state index contributed by atoms with van der Waals surface area (Å²) < 4.78 is 12.0. The molecule has 37 heavy (non-hydrogen) atoms. The van der Waals surface area contributed by atoms with Gasteiger partial charge >= 0.3 is 5.97 Å². The lowest BCUT2D eigenvalue weighted by Gasteiger charge is -2.71. The lowest BCUT2D eigenvalue weighted by atomic mass is 9.35. The van der Waals surface area contributed by atoms with E-state index < -0.39 is 46.6 Å². The molecule has 0 heterocycles. The number of carbonyl (C=O) groups is 1. The first kappa shape index (κ1) is 27.3. The second-order valence-corrected chi connectivity index (χ2v) is 13.4. The van der Waals surface area contributed by atoms with Crippen LogP contribution in [0, 0.1) is 28.1 Å². The predicted molar refractivity (Wildman–Crippen MR) is 144 cm³/mol. The van der Waals surface area contributed by atoms with Gasteiger partial charge in [-0.25, -0.2) is 0 Å². The summed E-state index contributed by atoms with van der Waals surface area (Å²) >= 11 is 0. The lowest BCUT2D eigenvalue weighted by molar-refractivity contribution is -0.265. The molecule has 5 rings (SSSR count). The van der Waals surface area contributed by atoms with Crippen LogP contribution < -0.4 is 0 Å². The molecule has 0 spiro atoms. The summed E-state index contributed by atoms with van der Waals surface area (Å²) in [4.78, 5) is 12.5. The second-order valence-electron chi connectivity index (χ2n) is 13.2. The Kier molecular flexibility index (Phi) is 6.53. The van der Waals surface area contributed by atoms with Gasteiger partial charge in [0.15, 0.2) is 6.10 Å². The van der Waals surface area contributed by atoms with Crippen LogP contribution in [0.1, 0.15) is 78.7 Å². The molecule has 4 aliphatic rings. The van der Waals surface area contributed by atoms with Gasteiger partial charge in [-0.05, 0) is 60.1 Å². The third-order valence-corrected chi connectivity index (χ3v) is 11.7. The largest absolute Gasteiger partial charge is 0.455 e. The van der Waals surface area contributed by atoms with E-state index in [-0.39, 0.29) is 23.9 Å². The highest BCUT2D eigenvalue weighted by Gasteiger charge is 2.73. The molecule has 1 aromatic carbocycles. The Morgan fingerprint density at radius 3 is 2.30 bits per heavy atom. The van der Waals surface area contributed by atoms with Crippen molar-refractivity contribution in [1.29, 1.82) is 0 Å². The summed E-state index contributed by atoms with van der Waals surface area (Å²) in [6, 6.07) is 10.1. The molecule has 11 atom stereocenters. The Bertz CT molecular complexity index is 1100. The average Bonchev–Trinajstić information content (AvgIpc) is 2.83. The summed E-state index contributed by atoms with van der Waals surface area (Å²) in [5.41, 5.74) is -1.04. The number of benzene rings is 1. The predicted octanol–water partition coefficient (Wildman–Crippen LogP) is 4.53. The number of ether oxygens (including phenoxy) is 1. The van der Waals surface area contributed by atoms with E-state index in [9.17, 15) is 20.1 Å². The van der Waals surface area contributed by atoms with E-state index in [4.69, 9.17) is 9.26 Å². The van der Waals surface area contributed by atoms with Crippen LogP contribution in [0.2, 0.25) is 0 Å². The number of rotatable bonds is 3. The fourth-order valence-electron chi connectivity index (χ4n) is 9.23. The average molecular weight is 531 g/mol. The zero-order valence-electron chi connectivity index (χ0n) is 22.9. The molecule has 204 valence electrons. The van der Waals surface area contributed by atoms with Gasteiger partial charge < -0.3 is 24.6 Å². The van der Waals surface area contributed by atoms with Crippen molar-refractivity contribution in [3.63, 3.8) is 0 Å². The van der Waals surface area contributed by atoms with Crippen molar-refractivity contribution in [2.45, 2.75) is 103 Å². The Morgan fingerprint density at radius 1 is 1.11 bits per heavy atom. The van der Waals surface area contributed by atoms with Crippen molar-refractivity contribution >= 4 is 15.4 Å². The summed E-state index contributed by atoms with van der Waals surface area (Å²) in [6.45, 7) is 11.5. The van der Waals surface area contributed by atoms with Gasteiger partial charge in [0.25, 0.3) is 0 Å². The molecule has 0 radical (unpaired) electrons. The standard InChI is InChI=1S/C30H43O6P/c1-16-20(32)15-30(34)23(18-10-8-7-9-11-18)25-28(5)13-12-19(28)14-21(36-37)29(25,6)26(33)24(35-17(2)31)22(16)27(30,3)4/h7-11,19-21,23-26,32-34H,12-15,37H2,1-6H3/t19-,20+,21+,23+,24-,25?,26+,28-,29-,30-/m1/s1. The molecule has 3 N–H and O–H groups in total. The molecule has 0 aromatic heterocycles. The van der Waals surface area contributed by atoms with Crippen molar-refractivity contribution < 1.29 is 29.4 Å². The first-order valence-corrected chi connectivity index (χ1v) is 14.1. The fourth-order valence-corrected chi connectivity index (χ4v) is 9.64. The Balaban J connectivity index is 1.89. The van der Waals surface area contributed by atoms with Crippen LogP contribution >= 0.6 is 9.47 Å². The normalized spacial score (nSPS) is 46.6. The van der Waals surface area contributed by atoms with Gasteiger partial charge in [0, 0.05) is 39.6 Å². The van der Waals surface area contributed by atoms with E-state index >= 15 is 0 Å². The Labute approximate surface area is 223 Å². The smallest absolute Gasteiger partial charge is 0.303 e. The number of hydrogen-bond acceptors (Lipinski definition) is 6. The van der Waals surface area contributed by atoms with E-state index in [1.54, 1.807) is 0 Å². The van der Waals surface area contributed by atoms with Crippen LogP contribution in [-0.4, -0.2) is 51.3 Å². The highest BCUT2D eigenvalue weighted by atomic mass is 31.0. The van der Waals surface area contributed by atoms with Gasteiger partial charge in [0.05, 0.1) is 17.8 Å². The maximum atomic E-state index is 13.1. The van der Waals surface area contributed by atoms with Crippen molar-refractivity contribution in [3.05, 3.63) is 47.0 Å². The highest BCUT2D eigenvalue weighted by molar-refractivity contribution is 7.09. The SMILES string of the molecule is CC(=O)O[C@@H]1C2=C(C)[C@@H](O)C[C@@](O)([C@@H](c3ccccc3)C3[C@@](C)([C@@H](OP)C[C@H]4CC[C@@]34C)[C@H]1O)C2(C)C. The molecule has 3 saturated carbocycles. The first-order chi connectivity index (χ1) is 17.2. The molecule has 0 aliphatic heterocycles. The number of esters is 1. The van der Waals surface area contributed by atoms with Gasteiger partial charge in [-0.3, -0.25) is 4.79 Å². The van der Waals surface area contributed by atoms with Gasteiger partial charge in [0.2, 0.25) is 0 Å². The summed E-state index contributed by atoms with van der Waals surface area (Å²) in [5.74, 6) is -0.714. The molecule has 7 heteroatoms. The van der Waals surface area contributed by atoms with E-state index in [1.165, 1.54) is 6.92 Å². The second kappa shape index (κ2) is 8.86.